The van der Waals surface area contributed by atoms with Gasteiger partial charge in [0.25, 0.3) is 0 Å². The van der Waals surface area contributed by atoms with Gasteiger partial charge in [-0.2, -0.15) is 5.10 Å². The summed E-state index contributed by atoms with van der Waals surface area (Å²) in [7, 11) is 0. The van der Waals surface area contributed by atoms with E-state index in [9.17, 15) is 0 Å². The summed E-state index contributed by atoms with van der Waals surface area (Å²) in [4.78, 5) is 10.7. The first-order valence-corrected chi connectivity index (χ1v) is 10.2. The molecule has 3 rings (SSSR count). The van der Waals surface area contributed by atoms with Crippen LogP contribution in [0, 0.1) is 6.92 Å². The molecule has 0 spiro atoms. The van der Waals surface area contributed by atoms with Crippen LogP contribution in [0.3, 0.4) is 0 Å². The molecule has 2 unspecified atom stereocenters. The molecular formula is C19H28N6S. The van der Waals surface area contributed by atoms with Gasteiger partial charge in [0.1, 0.15) is 11.6 Å². The first kappa shape index (κ1) is 18.8. The topological polar surface area (TPSA) is 67.1 Å². The Morgan fingerprint density at radius 3 is 2.96 bits per heavy atom. The first-order valence-electron chi connectivity index (χ1n) is 9.33. The highest BCUT2D eigenvalue weighted by atomic mass is 32.2. The first-order chi connectivity index (χ1) is 12.7. The van der Waals surface area contributed by atoms with E-state index in [0.29, 0.717) is 5.25 Å². The Balaban J connectivity index is 1.62. The van der Waals surface area contributed by atoms with Crippen molar-refractivity contribution in [1.29, 1.82) is 0 Å². The molecular weight excluding hydrogens is 344 g/mol. The predicted octanol–water partition coefficient (Wildman–Crippen LogP) is 3.16. The van der Waals surface area contributed by atoms with Crippen LogP contribution >= 0.6 is 11.8 Å². The van der Waals surface area contributed by atoms with E-state index in [2.05, 4.69) is 58.8 Å². The van der Waals surface area contributed by atoms with E-state index in [1.165, 1.54) is 4.90 Å². The molecule has 1 aromatic heterocycles. The van der Waals surface area contributed by atoms with Gasteiger partial charge in [-0.3, -0.25) is 4.99 Å². The largest absolute Gasteiger partial charge is 0.357 e. The van der Waals surface area contributed by atoms with Crippen LogP contribution in [0.25, 0.3) is 0 Å². The standard InChI is InChI=1S/C19H28N6S/c1-4-20-19(21-13-14(2)26-16-9-6-5-7-10-16)23-17-11-8-12-25-18(17)22-15(3)24-25/h5-7,9-10,14,17H,4,8,11-13H2,1-3H3,(H2,20,21,23). The normalized spacial score (nSPS) is 18.3. The average molecular weight is 373 g/mol. The Labute approximate surface area is 159 Å². The van der Waals surface area contributed by atoms with Gasteiger partial charge < -0.3 is 10.6 Å². The maximum Gasteiger partial charge on any atom is 0.191 e. The zero-order chi connectivity index (χ0) is 18.4. The van der Waals surface area contributed by atoms with E-state index in [4.69, 9.17) is 4.99 Å². The summed E-state index contributed by atoms with van der Waals surface area (Å²) >= 11 is 1.85. The van der Waals surface area contributed by atoms with Crippen LogP contribution in [0.2, 0.25) is 0 Å². The average Bonchev–Trinajstić information content (AvgIpc) is 3.02. The maximum absolute atomic E-state index is 4.80. The molecule has 2 heterocycles. The fourth-order valence-corrected chi connectivity index (χ4v) is 4.01. The summed E-state index contributed by atoms with van der Waals surface area (Å²) in [5.74, 6) is 2.71. The van der Waals surface area contributed by atoms with E-state index < -0.39 is 0 Å². The number of fused-ring (bicyclic) bond motifs is 1. The molecule has 2 N–H and O–H groups in total. The lowest BCUT2D eigenvalue weighted by Crippen LogP contribution is -2.41. The number of aryl methyl sites for hydroxylation is 2. The molecule has 2 aromatic rings. The number of hydrogen-bond acceptors (Lipinski definition) is 4. The fraction of sp³-hybridized carbons (Fsp3) is 0.526. The molecule has 6 nitrogen and oxygen atoms in total. The number of nitrogens with one attached hydrogen (secondary N) is 2. The van der Waals surface area contributed by atoms with Gasteiger partial charge in [0.15, 0.2) is 5.96 Å². The van der Waals surface area contributed by atoms with Crippen LogP contribution in [0.5, 0.6) is 0 Å². The number of nitrogens with zero attached hydrogens (tertiary/aromatic N) is 4. The third-order valence-electron chi connectivity index (χ3n) is 4.22. The maximum atomic E-state index is 4.80. The van der Waals surface area contributed by atoms with Gasteiger partial charge >= 0.3 is 0 Å². The van der Waals surface area contributed by atoms with Crippen molar-refractivity contribution in [3.8, 4) is 0 Å². The lowest BCUT2D eigenvalue weighted by Gasteiger charge is -2.25. The third-order valence-corrected chi connectivity index (χ3v) is 5.32. The fourth-order valence-electron chi connectivity index (χ4n) is 3.08. The molecule has 0 saturated heterocycles. The van der Waals surface area contributed by atoms with Crippen molar-refractivity contribution in [2.24, 2.45) is 4.99 Å². The predicted molar refractivity (Wildman–Crippen MR) is 108 cm³/mol. The second kappa shape index (κ2) is 9.07. The van der Waals surface area contributed by atoms with Crippen molar-refractivity contribution in [2.45, 2.75) is 56.3 Å². The number of aromatic nitrogens is 3. The number of hydrogen-bond donors (Lipinski definition) is 2. The van der Waals surface area contributed by atoms with E-state index in [0.717, 1.165) is 50.1 Å². The number of guanidine groups is 1. The quantitative estimate of drug-likeness (QED) is 0.463. The van der Waals surface area contributed by atoms with Gasteiger partial charge in [-0.05, 0) is 38.8 Å². The van der Waals surface area contributed by atoms with Gasteiger partial charge in [-0.1, -0.05) is 25.1 Å². The molecule has 140 valence electrons. The van der Waals surface area contributed by atoms with Gasteiger partial charge in [-0.25, -0.2) is 9.67 Å². The van der Waals surface area contributed by atoms with E-state index in [1.807, 2.05) is 29.4 Å². The molecule has 0 bridgehead atoms. The van der Waals surface area contributed by atoms with E-state index in [1.54, 1.807) is 0 Å². The molecule has 7 heteroatoms. The minimum Gasteiger partial charge on any atom is -0.357 e. The summed E-state index contributed by atoms with van der Waals surface area (Å²) in [6, 6.07) is 10.7. The highest BCUT2D eigenvalue weighted by Crippen LogP contribution is 2.24. The molecule has 0 fully saturated rings. The Morgan fingerprint density at radius 2 is 2.19 bits per heavy atom. The molecule has 1 aromatic carbocycles. The second-order valence-electron chi connectivity index (χ2n) is 6.54. The molecule has 1 aliphatic heterocycles. The minimum absolute atomic E-state index is 0.167. The number of rotatable bonds is 6. The highest BCUT2D eigenvalue weighted by molar-refractivity contribution is 8.00. The van der Waals surface area contributed by atoms with Gasteiger partial charge in [0.2, 0.25) is 0 Å². The van der Waals surface area contributed by atoms with Gasteiger partial charge in [-0.15, -0.1) is 11.8 Å². The Kier molecular flexibility index (Phi) is 6.55. The van der Waals surface area contributed by atoms with Crippen molar-refractivity contribution in [2.75, 3.05) is 13.1 Å². The summed E-state index contributed by atoms with van der Waals surface area (Å²) in [5, 5.41) is 11.8. The summed E-state index contributed by atoms with van der Waals surface area (Å²) in [6.07, 6.45) is 2.16. The van der Waals surface area contributed by atoms with Crippen molar-refractivity contribution in [3.05, 3.63) is 42.0 Å². The SMILES string of the molecule is CCNC(=NCC(C)Sc1ccccc1)NC1CCCn2nc(C)nc21. The lowest BCUT2D eigenvalue weighted by molar-refractivity contribution is 0.397. The molecule has 2 atom stereocenters. The van der Waals surface area contributed by atoms with Crippen LogP contribution in [0.1, 0.15) is 44.4 Å². The second-order valence-corrected chi connectivity index (χ2v) is 8.05. The third kappa shape index (κ3) is 5.00. The number of thioether (sulfide) groups is 1. The monoisotopic (exact) mass is 372 g/mol. The van der Waals surface area contributed by atoms with Gasteiger partial charge in [0.05, 0.1) is 12.6 Å². The van der Waals surface area contributed by atoms with Crippen molar-refractivity contribution < 1.29 is 0 Å². The van der Waals surface area contributed by atoms with Crippen LogP contribution in [-0.2, 0) is 6.54 Å². The smallest absolute Gasteiger partial charge is 0.191 e. The Bertz CT molecular complexity index is 727. The van der Waals surface area contributed by atoms with Crippen LogP contribution < -0.4 is 10.6 Å². The molecule has 0 amide bonds. The van der Waals surface area contributed by atoms with Crippen molar-refractivity contribution in [3.63, 3.8) is 0 Å². The zero-order valence-electron chi connectivity index (χ0n) is 15.8. The summed E-state index contributed by atoms with van der Waals surface area (Å²) in [5.41, 5.74) is 0. The molecule has 0 saturated carbocycles. The molecule has 1 aliphatic rings. The number of aliphatic imine (C=N–C) groups is 1. The molecule has 26 heavy (non-hydrogen) atoms. The minimum atomic E-state index is 0.167. The number of benzene rings is 1. The van der Waals surface area contributed by atoms with Crippen LogP contribution in [-0.4, -0.2) is 39.1 Å². The Hall–Kier alpha value is -2.02. The van der Waals surface area contributed by atoms with E-state index in [-0.39, 0.29) is 6.04 Å². The van der Waals surface area contributed by atoms with Crippen LogP contribution in [0.15, 0.2) is 40.2 Å². The highest BCUT2D eigenvalue weighted by Gasteiger charge is 2.24. The lowest BCUT2D eigenvalue weighted by atomic mass is 10.1. The zero-order valence-corrected chi connectivity index (χ0v) is 16.6. The van der Waals surface area contributed by atoms with Crippen molar-refractivity contribution in [1.82, 2.24) is 25.4 Å². The van der Waals surface area contributed by atoms with Crippen molar-refractivity contribution >= 4 is 17.7 Å². The van der Waals surface area contributed by atoms with Gasteiger partial charge in [0, 0.05) is 23.2 Å². The van der Waals surface area contributed by atoms with Crippen LogP contribution in [0.4, 0.5) is 0 Å². The molecule has 0 aliphatic carbocycles. The van der Waals surface area contributed by atoms with E-state index >= 15 is 0 Å². The molecule has 0 radical (unpaired) electrons. The Morgan fingerprint density at radius 1 is 1.38 bits per heavy atom. The summed E-state index contributed by atoms with van der Waals surface area (Å²) in [6.45, 7) is 8.80. The summed E-state index contributed by atoms with van der Waals surface area (Å²) < 4.78 is 2.02.